The Morgan fingerprint density at radius 3 is 2.54 bits per heavy atom. The van der Waals surface area contributed by atoms with E-state index in [0.29, 0.717) is 11.3 Å². The van der Waals surface area contributed by atoms with Crippen molar-refractivity contribution in [3.63, 3.8) is 0 Å². The van der Waals surface area contributed by atoms with Gasteiger partial charge in [0.05, 0.1) is 17.4 Å². The van der Waals surface area contributed by atoms with Crippen LogP contribution in [0, 0.1) is 0 Å². The van der Waals surface area contributed by atoms with Gasteiger partial charge in [0.15, 0.2) is 0 Å². The first-order chi connectivity index (χ1) is 12.2. The summed E-state index contributed by atoms with van der Waals surface area (Å²) in [5.41, 5.74) is 7.62. The van der Waals surface area contributed by atoms with Gasteiger partial charge in [0.1, 0.15) is 11.3 Å². The molecule has 26 heavy (non-hydrogen) atoms. The summed E-state index contributed by atoms with van der Waals surface area (Å²) in [4.78, 5) is 16.9. The van der Waals surface area contributed by atoms with E-state index in [9.17, 15) is 4.79 Å². The molecular formula is C18H20BN3O3S. The van der Waals surface area contributed by atoms with Crippen LogP contribution >= 0.6 is 11.3 Å². The van der Waals surface area contributed by atoms with Gasteiger partial charge in [0.2, 0.25) is 0 Å². The smallest absolute Gasteiger partial charge is 0.399 e. The van der Waals surface area contributed by atoms with Crippen LogP contribution in [0.1, 0.15) is 38.2 Å². The number of carbonyl (C=O) groups is 1. The third kappa shape index (κ3) is 2.56. The lowest BCUT2D eigenvalue weighted by atomic mass is 9.78. The molecule has 0 bridgehead atoms. The summed E-state index contributed by atoms with van der Waals surface area (Å²) in [7, 11) is -0.435. The summed E-state index contributed by atoms with van der Waals surface area (Å²) in [5, 5.41) is 2.02. The van der Waals surface area contributed by atoms with Crippen molar-refractivity contribution in [3.05, 3.63) is 41.7 Å². The van der Waals surface area contributed by atoms with Crippen molar-refractivity contribution in [2.75, 3.05) is 0 Å². The average molecular weight is 369 g/mol. The molecule has 0 aliphatic carbocycles. The number of pyridine rings is 1. The Morgan fingerprint density at radius 2 is 1.88 bits per heavy atom. The normalized spacial score (nSPS) is 18.5. The SMILES string of the molecule is CC1(C)OB(c2ccsc2-c2ccc3ncc(C(N)=O)n3c2)OC1(C)C. The first-order valence-corrected chi connectivity index (χ1v) is 9.28. The Kier molecular flexibility index (Phi) is 3.77. The molecule has 134 valence electrons. The van der Waals surface area contributed by atoms with Crippen molar-refractivity contribution in [2.24, 2.45) is 5.73 Å². The van der Waals surface area contributed by atoms with Crippen LogP contribution in [-0.2, 0) is 9.31 Å². The van der Waals surface area contributed by atoms with Crippen LogP contribution in [0.3, 0.4) is 0 Å². The monoisotopic (exact) mass is 369 g/mol. The van der Waals surface area contributed by atoms with Gasteiger partial charge in [-0.2, -0.15) is 0 Å². The van der Waals surface area contributed by atoms with Crippen LogP contribution in [0.5, 0.6) is 0 Å². The number of nitrogens with zero attached hydrogens (tertiary/aromatic N) is 2. The van der Waals surface area contributed by atoms with E-state index in [4.69, 9.17) is 15.0 Å². The van der Waals surface area contributed by atoms with Gasteiger partial charge in [0.25, 0.3) is 5.91 Å². The molecule has 4 rings (SSSR count). The second-order valence-electron chi connectivity index (χ2n) is 7.45. The van der Waals surface area contributed by atoms with Crippen LogP contribution in [0.15, 0.2) is 36.0 Å². The molecule has 3 aromatic rings. The topological polar surface area (TPSA) is 78.9 Å². The van der Waals surface area contributed by atoms with Gasteiger partial charge in [-0.15, -0.1) is 11.3 Å². The summed E-state index contributed by atoms with van der Waals surface area (Å²) >= 11 is 1.61. The first kappa shape index (κ1) is 17.3. The number of thiophene rings is 1. The second kappa shape index (κ2) is 5.67. The molecule has 2 N–H and O–H groups in total. The van der Waals surface area contributed by atoms with Crippen molar-refractivity contribution >= 4 is 35.5 Å². The quantitative estimate of drug-likeness (QED) is 0.720. The molecule has 0 spiro atoms. The molecule has 0 saturated carbocycles. The third-order valence-electron chi connectivity index (χ3n) is 5.22. The van der Waals surface area contributed by atoms with E-state index in [1.54, 1.807) is 15.7 Å². The molecule has 1 fully saturated rings. The molecule has 0 unspecified atom stereocenters. The second-order valence-corrected chi connectivity index (χ2v) is 8.36. The molecule has 0 atom stereocenters. The molecule has 1 saturated heterocycles. The average Bonchev–Trinajstić information content (AvgIpc) is 3.23. The fourth-order valence-electron chi connectivity index (χ4n) is 3.01. The molecule has 0 radical (unpaired) electrons. The maximum Gasteiger partial charge on any atom is 0.496 e. The highest BCUT2D eigenvalue weighted by atomic mass is 32.1. The lowest BCUT2D eigenvalue weighted by Gasteiger charge is -2.32. The fraction of sp³-hybridized carbons (Fsp3) is 0.333. The largest absolute Gasteiger partial charge is 0.496 e. The van der Waals surface area contributed by atoms with Crippen LogP contribution < -0.4 is 11.2 Å². The number of amides is 1. The Morgan fingerprint density at radius 1 is 1.19 bits per heavy atom. The number of hydrogen-bond acceptors (Lipinski definition) is 5. The number of fused-ring (bicyclic) bond motifs is 1. The number of rotatable bonds is 3. The summed E-state index contributed by atoms with van der Waals surface area (Å²) in [6.45, 7) is 8.15. The lowest BCUT2D eigenvalue weighted by molar-refractivity contribution is 0.00578. The van der Waals surface area contributed by atoms with Gasteiger partial charge in [-0.3, -0.25) is 9.20 Å². The maximum absolute atomic E-state index is 11.6. The zero-order chi connectivity index (χ0) is 18.7. The maximum atomic E-state index is 11.6. The first-order valence-electron chi connectivity index (χ1n) is 8.40. The molecule has 1 aliphatic heterocycles. The standard InChI is InChI=1S/C18H20BN3O3S/c1-17(2)18(3,4)25-19(24-17)12-7-8-26-15(12)11-5-6-14-21-9-13(16(20)23)22(14)10-11/h5-10H,1-4H3,(H2,20,23). The number of hydrogen-bond donors (Lipinski definition) is 1. The van der Waals surface area contributed by atoms with Crippen LogP contribution in [0.4, 0.5) is 0 Å². The Bertz CT molecular complexity index is 992. The number of nitrogens with two attached hydrogens (primary N) is 1. The molecule has 4 heterocycles. The highest BCUT2D eigenvalue weighted by molar-refractivity contribution is 7.15. The predicted octanol–water partition coefficient (Wildman–Crippen LogP) is 2.46. The number of imidazole rings is 1. The van der Waals surface area contributed by atoms with Crippen LogP contribution in [0.2, 0.25) is 0 Å². The number of aromatic nitrogens is 2. The Labute approximate surface area is 156 Å². The molecule has 8 heteroatoms. The van der Waals surface area contributed by atoms with Crippen LogP contribution in [0.25, 0.3) is 16.1 Å². The summed E-state index contributed by atoms with van der Waals surface area (Å²) in [5.74, 6) is -0.507. The van der Waals surface area contributed by atoms with Gasteiger partial charge in [-0.25, -0.2) is 4.98 Å². The highest BCUT2D eigenvalue weighted by Crippen LogP contribution is 2.38. The van der Waals surface area contributed by atoms with E-state index < -0.39 is 24.2 Å². The van der Waals surface area contributed by atoms with Gasteiger partial charge < -0.3 is 15.0 Å². The fourth-order valence-corrected chi connectivity index (χ4v) is 3.91. The summed E-state index contributed by atoms with van der Waals surface area (Å²) < 4.78 is 14.1. The lowest BCUT2D eigenvalue weighted by Crippen LogP contribution is -2.41. The number of primary amides is 1. The number of carbonyl (C=O) groups excluding carboxylic acids is 1. The molecule has 0 aromatic carbocycles. The van der Waals surface area contributed by atoms with E-state index in [2.05, 4.69) is 4.98 Å². The third-order valence-corrected chi connectivity index (χ3v) is 6.20. The minimum atomic E-state index is -0.507. The van der Waals surface area contributed by atoms with E-state index in [1.165, 1.54) is 6.20 Å². The van der Waals surface area contributed by atoms with Gasteiger partial charge in [-0.1, -0.05) is 6.07 Å². The van der Waals surface area contributed by atoms with Gasteiger partial charge >= 0.3 is 7.12 Å². The van der Waals surface area contributed by atoms with Crippen molar-refractivity contribution < 1.29 is 14.1 Å². The van der Waals surface area contributed by atoms with E-state index in [1.807, 2.05) is 57.5 Å². The molecule has 1 aliphatic rings. The zero-order valence-electron chi connectivity index (χ0n) is 15.1. The van der Waals surface area contributed by atoms with Crippen molar-refractivity contribution in [3.8, 4) is 10.4 Å². The predicted molar refractivity (Wildman–Crippen MR) is 103 cm³/mol. The van der Waals surface area contributed by atoms with Crippen LogP contribution in [-0.4, -0.2) is 33.6 Å². The van der Waals surface area contributed by atoms with Crippen molar-refractivity contribution in [1.82, 2.24) is 9.38 Å². The van der Waals surface area contributed by atoms with Gasteiger partial charge in [-0.05, 0) is 45.2 Å². The minimum absolute atomic E-state index is 0.357. The minimum Gasteiger partial charge on any atom is -0.399 e. The van der Waals surface area contributed by atoms with E-state index >= 15 is 0 Å². The Hall–Kier alpha value is -2.16. The molecule has 6 nitrogen and oxygen atoms in total. The van der Waals surface area contributed by atoms with E-state index in [0.717, 1.165) is 15.9 Å². The molecule has 1 amide bonds. The van der Waals surface area contributed by atoms with E-state index in [-0.39, 0.29) is 0 Å². The van der Waals surface area contributed by atoms with Crippen molar-refractivity contribution in [1.29, 1.82) is 0 Å². The summed E-state index contributed by atoms with van der Waals surface area (Å²) in [6.07, 6.45) is 3.37. The molecule has 3 aromatic heterocycles. The molecular weight excluding hydrogens is 349 g/mol. The highest BCUT2D eigenvalue weighted by Gasteiger charge is 2.52. The zero-order valence-corrected chi connectivity index (χ0v) is 16.0. The van der Waals surface area contributed by atoms with Gasteiger partial charge in [0, 0.05) is 22.1 Å². The Balaban J connectivity index is 1.77. The summed E-state index contributed by atoms with van der Waals surface area (Å²) in [6, 6.07) is 5.87. The van der Waals surface area contributed by atoms with Crippen molar-refractivity contribution in [2.45, 2.75) is 38.9 Å².